The molecule has 2 aromatic rings. The number of alkyl halides is 3. The van der Waals surface area contributed by atoms with Crippen molar-refractivity contribution in [2.24, 2.45) is 0 Å². The normalized spacial score (nSPS) is 12.2. The molecule has 0 aliphatic carbocycles. The molecule has 0 saturated heterocycles. The Morgan fingerprint density at radius 1 is 0.923 bits per heavy atom. The van der Waals surface area contributed by atoms with Gasteiger partial charge < -0.3 is 15.4 Å². The maximum atomic E-state index is 12.5. The van der Waals surface area contributed by atoms with Crippen molar-refractivity contribution in [2.45, 2.75) is 26.1 Å². The molecule has 1 atom stereocenters. The highest BCUT2D eigenvalue weighted by atomic mass is 19.4. The van der Waals surface area contributed by atoms with Crippen LogP contribution in [0.5, 0.6) is 5.75 Å². The average Bonchev–Trinajstić information content (AvgIpc) is 2.55. The Balaban J connectivity index is 1.94. The first-order chi connectivity index (χ1) is 12.1. The van der Waals surface area contributed by atoms with Gasteiger partial charge in [0.25, 0.3) is 5.91 Å². The van der Waals surface area contributed by atoms with Crippen molar-refractivity contribution in [1.82, 2.24) is 0 Å². The largest absolute Gasteiger partial charge is 0.481 e. The molecular formula is C18H17F3N2O3. The lowest BCUT2D eigenvalue weighted by Crippen LogP contribution is -2.30. The number of carbonyl (C=O) groups is 2. The van der Waals surface area contributed by atoms with E-state index in [1.165, 1.54) is 26.0 Å². The number of carbonyl (C=O) groups excluding carboxylic acids is 2. The number of benzene rings is 2. The third-order valence-electron chi connectivity index (χ3n) is 3.34. The smallest absolute Gasteiger partial charge is 0.416 e. The molecule has 2 amide bonds. The molecular weight excluding hydrogens is 349 g/mol. The summed E-state index contributed by atoms with van der Waals surface area (Å²) in [4.78, 5) is 23.1. The predicted molar refractivity (Wildman–Crippen MR) is 90.9 cm³/mol. The van der Waals surface area contributed by atoms with Gasteiger partial charge in [0.1, 0.15) is 5.75 Å². The summed E-state index contributed by atoms with van der Waals surface area (Å²) >= 11 is 0. The minimum Gasteiger partial charge on any atom is -0.481 e. The van der Waals surface area contributed by atoms with Gasteiger partial charge in [0.2, 0.25) is 5.91 Å². The number of nitrogens with one attached hydrogen (secondary N) is 2. The van der Waals surface area contributed by atoms with Gasteiger partial charge >= 0.3 is 6.18 Å². The predicted octanol–water partition coefficient (Wildman–Crippen LogP) is 4.07. The maximum absolute atomic E-state index is 12.5. The Labute approximate surface area is 148 Å². The van der Waals surface area contributed by atoms with Crippen LogP contribution in [0.1, 0.15) is 19.4 Å². The monoisotopic (exact) mass is 366 g/mol. The second-order valence-corrected chi connectivity index (χ2v) is 5.53. The Morgan fingerprint density at radius 2 is 1.42 bits per heavy atom. The van der Waals surface area contributed by atoms with E-state index in [-0.39, 0.29) is 11.6 Å². The zero-order valence-electron chi connectivity index (χ0n) is 14.1. The van der Waals surface area contributed by atoms with E-state index in [0.29, 0.717) is 11.4 Å². The van der Waals surface area contributed by atoms with Crippen LogP contribution in [-0.4, -0.2) is 17.9 Å². The number of amides is 2. The molecule has 0 heterocycles. The Kier molecular flexibility index (Phi) is 5.86. The summed E-state index contributed by atoms with van der Waals surface area (Å²) in [5.74, 6) is -0.298. The molecule has 5 nitrogen and oxygen atoms in total. The molecule has 0 aliphatic heterocycles. The maximum Gasteiger partial charge on any atom is 0.416 e. The lowest BCUT2D eigenvalue weighted by molar-refractivity contribution is -0.137. The van der Waals surface area contributed by atoms with E-state index in [2.05, 4.69) is 10.6 Å². The zero-order valence-corrected chi connectivity index (χ0v) is 14.1. The van der Waals surface area contributed by atoms with Crippen molar-refractivity contribution in [3.05, 3.63) is 54.1 Å². The van der Waals surface area contributed by atoms with E-state index in [0.717, 1.165) is 12.1 Å². The summed E-state index contributed by atoms with van der Waals surface area (Å²) in [5.41, 5.74) is 0.0326. The van der Waals surface area contributed by atoms with Crippen LogP contribution in [0, 0.1) is 0 Å². The Morgan fingerprint density at radius 3 is 1.92 bits per heavy atom. The van der Waals surface area contributed by atoms with Gasteiger partial charge in [-0.1, -0.05) is 0 Å². The van der Waals surface area contributed by atoms with Crippen LogP contribution >= 0.6 is 0 Å². The third kappa shape index (κ3) is 5.51. The van der Waals surface area contributed by atoms with Gasteiger partial charge in [-0.2, -0.15) is 13.2 Å². The van der Waals surface area contributed by atoms with Crippen LogP contribution in [0.4, 0.5) is 24.5 Å². The second kappa shape index (κ2) is 7.90. The highest BCUT2D eigenvalue weighted by Crippen LogP contribution is 2.29. The lowest BCUT2D eigenvalue weighted by Gasteiger charge is -2.15. The SMILES string of the molecule is CC(=O)Nc1ccc(O[C@H](C)C(=O)Nc2ccc(C(F)(F)F)cc2)cc1. The number of hydrogen-bond acceptors (Lipinski definition) is 3. The van der Waals surface area contributed by atoms with Crippen LogP contribution < -0.4 is 15.4 Å². The van der Waals surface area contributed by atoms with Gasteiger partial charge in [-0.15, -0.1) is 0 Å². The number of ether oxygens (including phenoxy) is 1. The molecule has 0 saturated carbocycles. The standard InChI is InChI=1S/C18H17F3N2O3/c1-11(26-16-9-7-14(8-10-16)22-12(2)24)17(25)23-15-5-3-13(4-6-15)18(19,20)21/h3-11H,1-2H3,(H,22,24)(H,23,25)/t11-/m1/s1. The van der Waals surface area contributed by atoms with Crippen molar-refractivity contribution in [3.8, 4) is 5.75 Å². The molecule has 0 unspecified atom stereocenters. The van der Waals surface area contributed by atoms with Gasteiger partial charge in [-0.25, -0.2) is 0 Å². The summed E-state index contributed by atoms with van der Waals surface area (Å²) in [6.07, 6.45) is -5.30. The fraction of sp³-hybridized carbons (Fsp3) is 0.222. The van der Waals surface area contributed by atoms with Gasteiger partial charge in [-0.05, 0) is 55.5 Å². The van der Waals surface area contributed by atoms with Crippen molar-refractivity contribution in [3.63, 3.8) is 0 Å². The van der Waals surface area contributed by atoms with Crippen molar-refractivity contribution >= 4 is 23.2 Å². The highest BCUT2D eigenvalue weighted by Gasteiger charge is 2.30. The molecule has 0 aromatic heterocycles. The Hall–Kier alpha value is -3.03. The fourth-order valence-corrected chi connectivity index (χ4v) is 2.06. The van der Waals surface area contributed by atoms with E-state index < -0.39 is 23.8 Å². The van der Waals surface area contributed by atoms with Crippen molar-refractivity contribution < 1.29 is 27.5 Å². The number of anilines is 2. The number of hydrogen-bond donors (Lipinski definition) is 2. The molecule has 0 radical (unpaired) electrons. The van der Waals surface area contributed by atoms with Crippen LogP contribution in [0.15, 0.2) is 48.5 Å². The summed E-state index contributed by atoms with van der Waals surface area (Å²) < 4.78 is 43.0. The van der Waals surface area contributed by atoms with Gasteiger partial charge in [0.05, 0.1) is 5.56 Å². The molecule has 0 aliphatic rings. The van der Waals surface area contributed by atoms with Gasteiger partial charge in [0, 0.05) is 18.3 Å². The van der Waals surface area contributed by atoms with E-state index in [1.807, 2.05) is 0 Å². The number of rotatable bonds is 5. The minimum absolute atomic E-state index is 0.206. The quantitative estimate of drug-likeness (QED) is 0.838. The molecule has 0 spiro atoms. The molecule has 0 bridgehead atoms. The molecule has 2 rings (SSSR count). The van der Waals surface area contributed by atoms with Crippen LogP contribution in [-0.2, 0) is 15.8 Å². The third-order valence-corrected chi connectivity index (χ3v) is 3.34. The van der Waals surface area contributed by atoms with E-state index in [4.69, 9.17) is 4.74 Å². The molecule has 8 heteroatoms. The lowest BCUT2D eigenvalue weighted by atomic mass is 10.2. The first kappa shape index (κ1) is 19.3. The van der Waals surface area contributed by atoms with E-state index >= 15 is 0 Å². The second-order valence-electron chi connectivity index (χ2n) is 5.53. The first-order valence-corrected chi connectivity index (χ1v) is 7.67. The summed E-state index contributed by atoms with van der Waals surface area (Å²) in [6, 6.07) is 10.6. The van der Waals surface area contributed by atoms with E-state index in [9.17, 15) is 22.8 Å². The van der Waals surface area contributed by atoms with Gasteiger partial charge in [0.15, 0.2) is 6.10 Å². The molecule has 26 heavy (non-hydrogen) atoms. The van der Waals surface area contributed by atoms with Crippen LogP contribution in [0.3, 0.4) is 0 Å². The first-order valence-electron chi connectivity index (χ1n) is 7.67. The molecule has 138 valence electrons. The van der Waals surface area contributed by atoms with Crippen LogP contribution in [0.2, 0.25) is 0 Å². The molecule has 2 N–H and O–H groups in total. The molecule has 0 fully saturated rings. The van der Waals surface area contributed by atoms with Crippen molar-refractivity contribution in [1.29, 1.82) is 0 Å². The van der Waals surface area contributed by atoms with Crippen molar-refractivity contribution in [2.75, 3.05) is 10.6 Å². The number of halogens is 3. The topological polar surface area (TPSA) is 67.4 Å². The zero-order chi connectivity index (χ0) is 19.3. The van der Waals surface area contributed by atoms with E-state index in [1.54, 1.807) is 24.3 Å². The summed E-state index contributed by atoms with van der Waals surface area (Å²) in [6.45, 7) is 2.90. The minimum atomic E-state index is -4.43. The summed E-state index contributed by atoms with van der Waals surface area (Å²) in [5, 5.41) is 5.09. The van der Waals surface area contributed by atoms with Gasteiger partial charge in [-0.3, -0.25) is 9.59 Å². The Bertz CT molecular complexity index is 772. The van der Waals surface area contributed by atoms with Crippen LogP contribution in [0.25, 0.3) is 0 Å². The summed E-state index contributed by atoms with van der Waals surface area (Å²) in [7, 11) is 0. The average molecular weight is 366 g/mol. The highest BCUT2D eigenvalue weighted by molar-refractivity contribution is 5.94. The molecule has 2 aromatic carbocycles. The fourth-order valence-electron chi connectivity index (χ4n) is 2.06.